The van der Waals surface area contributed by atoms with Gasteiger partial charge in [-0.2, -0.15) is 0 Å². The van der Waals surface area contributed by atoms with Crippen LogP contribution in [0.25, 0.3) is 0 Å². The zero-order valence-corrected chi connectivity index (χ0v) is 13.4. The molecule has 0 aliphatic carbocycles. The van der Waals surface area contributed by atoms with Gasteiger partial charge < -0.3 is 10.0 Å². The summed E-state index contributed by atoms with van der Waals surface area (Å²) in [7, 11) is 0. The average Bonchev–Trinajstić information content (AvgIpc) is 2.53. The summed E-state index contributed by atoms with van der Waals surface area (Å²) in [5.74, 6) is 0.402. The lowest BCUT2D eigenvalue weighted by Crippen LogP contribution is -2.46. The summed E-state index contributed by atoms with van der Waals surface area (Å²) in [6.45, 7) is 9.30. The summed E-state index contributed by atoms with van der Waals surface area (Å²) < 4.78 is 0. The van der Waals surface area contributed by atoms with Crippen LogP contribution >= 0.6 is 0 Å². The van der Waals surface area contributed by atoms with Gasteiger partial charge in [0.1, 0.15) is 5.75 Å². The van der Waals surface area contributed by atoms with Gasteiger partial charge in [-0.1, -0.05) is 30.3 Å². The molecule has 0 amide bonds. The summed E-state index contributed by atoms with van der Waals surface area (Å²) in [4.78, 5) is 4.89. The number of aryl methyl sites for hydroxylation is 2. The molecule has 0 aromatic heterocycles. The average molecular weight is 296 g/mol. The molecule has 3 rings (SSSR count). The molecule has 22 heavy (non-hydrogen) atoms. The Balaban J connectivity index is 1.63. The second-order valence-corrected chi connectivity index (χ2v) is 6.18. The summed E-state index contributed by atoms with van der Waals surface area (Å²) in [6.07, 6.45) is 0. The van der Waals surface area contributed by atoms with Crippen LogP contribution in [-0.4, -0.2) is 36.2 Å². The lowest BCUT2D eigenvalue weighted by atomic mass is 10.1. The van der Waals surface area contributed by atoms with Gasteiger partial charge in [0.2, 0.25) is 0 Å². The van der Waals surface area contributed by atoms with Crippen LogP contribution in [0.2, 0.25) is 0 Å². The zero-order chi connectivity index (χ0) is 15.5. The number of nitrogens with zero attached hydrogens (tertiary/aromatic N) is 2. The van der Waals surface area contributed by atoms with Crippen molar-refractivity contribution in [2.75, 3.05) is 31.1 Å². The molecule has 1 N–H and O–H groups in total. The molecule has 0 atom stereocenters. The predicted octanol–water partition coefficient (Wildman–Crippen LogP) is 3.33. The van der Waals surface area contributed by atoms with Crippen LogP contribution in [0.15, 0.2) is 42.5 Å². The number of phenols is 1. The van der Waals surface area contributed by atoms with E-state index in [0.717, 1.165) is 38.3 Å². The van der Waals surface area contributed by atoms with Gasteiger partial charge in [-0.25, -0.2) is 0 Å². The standard InChI is InChI=1S/C19H24N2O/c1-15-7-8-16(2)18(13-15)21-11-9-20(10-12-21)14-17-5-3-4-6-19(17)22/h3-8,13,22H,9-12,14H2,1-2H3. The van der Waals surface area contributed by atoms with Crippen molar-refractivity contribution in [1.29, 1.82) is 0 Å². The van der Waals surface area contributed by atoms with Crippen molar-refractivity contribution in [3.63, 3.8) is 0 Å². The number of benzene rings is 2. The van der Waals surface area contributed by atoms with Gasteiger partial charge >= 0.3 is 0 Å². The smallest absolute Gasteiger partial charge is 0.120 e. The van der Waals surface area contributed by atoms with Gasteiger partial charge in [0.15, 0.2) is 0 Å². The Morgan fingerprint density at radius 3 is 2.41 bits per heavy atom. The number of piperazine rings is 1. The molecule has 1 aliphatic rings. The van der Waals surface area contributed by atoms with E-state index in [9.17, 15) is 5.11 Å². The van der Waals surface area contributed by atoms with Crippen molar-refractivity contribution in [1.82, 2.24) is 4.90 Å². The molecule has 0 bridgehead atoms. The molecular formula is C19H24N2O. The highest BCUT2D eigenvalue weighted by atomic mass is 16.3. The SMILES string of the molecule is Cc1ccc(C)c(N2CCN(Cc3ccccc3O)CC2)c1. The number of aromatic hydroxyl groups is 1. The van der Waals surface area contributed by atoms with E-state index in [0.29, 0.717) is 5.75 Å². The van der Waals surface area contributed by atoms with Gasteiger partial charge in [-0.3, -0.25) is 4.90 Å². The third-order valence-electron chi connectivity index (χ3n) is 4.46. The van der Waals surface area contributed by atoms with E-state index < -0.39 is 0 Å². The van der Waals surface area contributed by atoms with Crippen molar-refractivity contribution in [2.45, 2.75) is 20.4 Å². The minimum atomic E-state index is 0.402. The molecule has 116 valence electrons. The van der Waals surface area contributed by atoms with Crippen LogP contribution < -0.4 is 4.90 Å². The van der Waals surface area contributed by atoms with Gasteiger partial charge in [0.05, 0.1) is 0 Å². The minimum Gasteiger partial charge on any atom is -0.508 e. The fourth-order valence-corrected chi connectivity index (χ4v) is 3.09. The Morgan fingerprint density at radius 1 is 0.955 bits per heavy atom. The van der Waals surface area contributed by atoms with Crippen LogP contribution in [0.5, 0.6) is 5.75 Å². The molecule has 2 aromatic rings. The van der Waals surface area contributed by atoms with Crippen LogP contribution in [0.1, 0.15) is 16.7 Å². The maximum absolute atomic E-state index is 9.90. The monoisotopic (exact) mass is 296 g/mol. The molecule has 0 radical (unpaired) electrons. The first kappa shape index (κ1) is 14.9. The highest BCUT2D eigenvalue weighted by molar-refractivity contribution is 5.55. The second kappa shape index (κ2) is 6.41. The largest absolute Gasteiger partial charge is 0.508 e. The number of hydrogen-bond acceptors (Lipinski definition) is 3. The van der Waals surface area contributed by atoms with Crippen LogP contribution in [0.4, 0.5) is 5.69 Å². The highest BCUT2D eigenvalue weighted by Crippen LogP contribution is 2.24. The lowest BCUT2D eigenvalue weighted by Gasteiger charge is -2.37. The van der Waals surface area contributed by atoms with E-state index in [1.165, 1.54) is 16.8 Å². The molecule has 1 heterocycles. The Kier molecular flexibility index (Phi) is 4.34. The predicted molar refractivity (Wildman–Crippen MR) is 91.5 cm³/mol. The van der Waals surface area contributed by atoms with Crippen molar-refractivity contribution in [3.8, 4) is 5.75 Å². The maximum Gasteiger partial charge on any atom is 0.120 e. The molecule has 0 spiro atoms. The van der Waals surface area contributed by atoms with E-state index in [1.54, 1.807) is 6.07 Å². The topological polar surface area (TPSA) is 26.7 Å². The molecule has 3 nitrogen and oxygen atoms in total. The summed E-state index contributed by atoms with van der Waals surface area (Å²) >= 11 is 0. The van der Waals surface area contributed by atoms with Crippen molar-refractivity contribution < 1.29 is 5.11 Å². The zero-order valence-electron chi connectivity index (χ0n) is 13.4. The molecule has 0 unspecified atom stereocenters. The van der Waals surface area contributed by atoms with Gasteiger partial charge in [-0.15, -0.1) is 0 Å². The summed E-state index contributed by atoms with van der Waals surface area (Å²) in [6, 6.07) is 14.3. The Bertz CT molecular complexity index is 646. The first-order valence-electron chi connectivity index (χ1n) is 7.95. The van der Waals surface area contributed by atoms with Crippen molar-refractivity contribution in [2.24, 2.45) is 0 Å². The van der Waals surface area contributed by atoms with Gasteiger partial charge in [-0.05, 0) is 37.1 Å². The normalized spacial score (nSPS) is 16.0. The quantitative estimate of drug-likeness (QED) is 0.941. The number of para-hydroxylation sites is 1. The van der Waals surface area contributed by atoms with E-state index in [-0.39, 0.29) is 0 Å². The van der Waals surface area contributed by atoms with Gasteiger partial charge in [0, 0.05) is 44.0 Å². The van der Waals surface area contributed by atoms with Crippen LogP contribution in [0, 0.1) is 13.8 Å². The molecular weight excluding hydrogens is 272 g/mol. The minimum absolute atomic E-state index is 0.402. The number of anilines is 1. The molecule has 1 fully saturated rings. The van der Waals surface area contributed by atoms with E-state index in [2.05, 4.69) is 41.8 Å². The molecule has 0 saturated carbocycles. The Labute approximate surface area is 132 Å². The van der Waals surface area contributed by atoms with Crippen molar-refractivity contribution >= 4 is 5.69 Å². The Hall–Kier alpha value is -2.00. The van der Waals surface area contributed by atoms with Crippen molar-refractivity contribution in [3.05, 3.63) is 59.2 Å². The van der Waals surface area contributed by atoms with Gasteiger partial charge in [0.25, 0.3) is 0 Å². The molecule has 2 aromatic carbocycles. The third-order valence-corrected chi connectivity index (χ3v) is 4.46. The third kappa shape index (κ3) is 3.25. The fraction of sp³-hybridized carbons (Fsp3) is 0.368. The number of phenolic OH excluding ortho intramolecular Hbond substituents is 1. The number of hydrogen-bond donors (Lipinski definition) is 1. The molecule has 1 saturated heterocycles. The first-order chi connectivity index (χ1) is 10.6. The second-order valence-electron chi connectivity index (χ2n) is 6.18. The van der Waals surface area contributed by atoms with E-state index in [1.807, 2.05) is 18.2 Å². The summed E-state index contributed by atoms with van der Waals surface area (Å²) in [5, 5.41) is 9.90. The Morgan fingerprint density at radius 2 is 1.68 bits per heavy atom. The lowest BCUT2D eigenvalue weighted by molar-refractivity contribution is 0.246. The van der Waals surface area contributed by atoms with Crippen LogP contribution in [0.3, 0.4) is 0 Å². The number of rotatable bonds is 3. The van der Waals surface area contributed by atoms with E-state index in [4.69, 9.17) is 0 Å². The molecule has 3 heteroatoms. The fourth-order valence-electron chi connectivity index (χ4n) is 3.09. The van der Waals surface area contributed by atoms with Crippen LogP contribution in [-0.2, 0) is 6.54 Å². The highest BCUT2D eigenvalue weighted by Gasteiger charge is 2.19. The maximum atomic E-state index is 9.90. The first-order valence-corrected chi connectivity index (χ1v) is 7.95. The van der Waals surface area contributed by atoms with E-state index >= 15 is 0 Å². The summed E-state index contributed by atoms with van der Waals surface area (Å²) in [5.41, 5.74) is 5.04. The molecule has 1 aliphatic heterocycles.